The summed E-state index contributed by atoms with van der Waals surface area (Å²) < 4.78 is 27.3. The molecule has 6 nitrogen and oxygen atoms in total. The van der Waals surface area contributed by atoms with Crippen LogP contribution in [0, 0.1) is 5.92 Å². The second kappa shape index (κ2) is 11.3. The number of piperidine rings is 1. The van der Waals surface area contributed by atoms with E-state index in [0.29, 0.717) is 30.8 Å². The zero-order valence-corrected chi connectivity index (χ0v) is 19.1. The molecule has 1 amide bonds. The van der Waals surface area contributed by atoms with E-state index in [9.17, 15) is 13.2 Å². The Labute approximate surface area is 182 Å². The van der Waals surface area contributed by atoms with E-state index in [-0.39, 0.29) is 5.91 Å². The minimum atomic E-state index is -3.41. The fourth-order valence-corrected chi connectivity index (χ4v) is 5.89. The molecular formula is C23H37N3O3S. The summed E-state index contributed by atoms with van der Waals surface area (Å²) in [6.45, 7) is 4.29. The van der Waals surface area contributed by atoms with Crippen LogP contribution in [0.25, 0.3) is 0 Å². The Bertz CT molecular complexity index is 763. The fourth-order valence-electron chi connectivity index (χ4n) is 4.37. The number of likely N-dealkylation sites (tertiary alicyclic amines) is 1. The van der Waals surface area contributed by atoms with E-state index < -0.39 is 10.0 Å². The van der Waals surface area contributed by atoms with Crippen LogP contribution in [-0.4, -0.2) is 63.3 Å². The highest BCUT2D eigenvalue weighted by atomic mass is 32.2. The summed E-state index contributed by atoms with van der Waals surface area (Å²) in [4.78, 5) is 14.9. The van der Waals surface area contributed by atoms with Crippen LogP contribution >= 0.6 is 0 Å². The van der Waals surface area contributed by atoms with Crippen LogP contribution < -0.4 is 5.32 Å². The predicted octanol–water partition coefficient (Wildman–Crippen LogP) is 3.03. The number of amides is 1. The van der Waals surface area contributed by atoms with Crippen LogP contribution in [0.15, 0.2) is 29.2 Å². The summed E-state index contributed by atoms with van der Waals surface area (Å²) in [6.07, 6.45) is 8.64. The number of aryl methyl sites for hydroxylation is 1. The second-order valence-electron chi connectivity index (χ2n) is 8.85. The highest BCUT2D eigenvalue weighted by molar-refractivity contribution is 7.89. The summed E-state index contributed by atoms with van der Waals surface area (Å²) >= 11 is 0. The number of hydrogen-bond donors (Lipinski definition) is 1. The van der Waals surface area contributed by atoms with Gasteiger partial charge in [0.25, 0.3) is 0 Å². The third-order valence-electron chi connectivity index (χ3n) is 6.48. The molecule has 0 saturated carbocycles. The van der Waals surface area contributed by atoms with Crippen LogP contribution in [0.5, 0.6) is 0 Å². The maximum atomic E-state index is 12.8. The quantitative estimate of drug-likeness (QED) is 0.681. The molecule has 2 saturated heterocycles. The van der Waals surface area contributed by atoms with Gasteiger partial charge in [0.2, 0.25) is 15.9 Å². The molecule has 2 heterocycles. The highest BCUT2D eigenvalue weighted by Gasteiger charge is 2.25. The van der Waals surface area contributed by atoms with E-state index >= 15 is 0 Å². The van der Waals surface area contributed by atoms with E-state index in [2.05, 4.69) is 17.3 Å². The van der Waals surface area contributed by atoms with Crippen molar-refractivity contribution in [3.05, 3.63) is 29.8 Å². The highest BCUT2D eigenvalue weighted by Crippen LogP contribution is 2.21. The lowest BCUT2D eigenvalue weighted by Crippen LogP contribution is -2.32. The van der Waals surface area contributed by atoms with Crippen molar-refractivity contribution in [2.45, 2.75) is 62.7 Å². The van der Waals surface area contributed by atoms with Gasteiger partial charge in [0.05, 0.1) is 4.90 Å². The lowest BCUT2D eigenvalue weighted by molar-refractivity contribution is -0.121. The zero-order chi connectivity index (χ0) is 21.4. The SMILES string of the molecule is CN1CCC(CCNC(=O)CCc2ccc(S(=O)(=O)N3CCCCCC3)cc2)CC1. The summed E-state index contributed by atoms with van der Waals surface area (Å²) in [5.41, 5.74) is 0.996. The van der Waals surface area contributed by atoms with Crippen LogP contribution in [0.2, 0.25) is 0 Å². The average Bonchev–Trinajstić information content (AvgIpc) is 3.04. The van der Waals surface area contributed by atoms with Gasteiger partial charge in [-0.2, -0.15) is 4.31 Å². The number of rotatable bonds is 8. The molecule has 1 aromatic carbocycles. The first-order valence-corrected chi connectivity index (χ1v) is 12.9. The van der Waals surface area contributed by atoms with E-state index in [1.165, 1.54) is 12.8 Å². The molecule has 2 aliphatic heterocycles. The molecule has 2 fully saturated rings. The number of carbonyl (C=O) groups is 1. The first-order valence-electron chi connectivity index (χ1n) is 11.5. The maximum Gasteiger partial charge on any atom is 0.243 e. The summed E-state index contributed by atoms with van der Waals surface area (Å²) in [6, 6.07) is 7.06. The molecule has 2 aliphatic rings. The number of nitrogens with one attached hydrogen (secondary N) is 1. The van der Waals surface area contributed by atoms with Gasteiger partial charge >= 0.3 is 0 Å². The third kappa shape index (κ3) is 6.79. The fraction of sp³-hybridized carbons (Fsp3) is 0.696. The summed E-state index contributed by atoms with van der Waals surface area (Å²) in [7, 11) is -1.25. The summed E-state index contributed by atoms with van der Waals surface area (Å²) in [5, 5.41) is 3.04. The Hall–Kier alpha value is -1.44. The van der Waals surface area contributed by atoms with Gasteiger partial charge < -0.3 is 10.2 Å². The standard InChI is InChI=1S/C23H37N3O3S/c1-25-18-13-21(14-19-25)12-15-24-23(27)11-8-20-6-9-22(10-7-20)30(28,29)26-16-4-2-3-5-17-26/h6-7,9-10,21H,2-5,8,11-19H2,1H3,(H,24,27). The average molecular weight is 436 g/mol. The topological polar surface area (TPSA) is 69.7 Å². The molecule has 0 radical (unpaired) electrons. The minimum absolute atomic E-state index is 0.0733. The van der Waals surface area contributed by atoms with Gasteiger partial charge in [-0.15, -0.1) is 0 Å². The number of benzene rings is 1. The molecule has 0 aliphatic carbocycles. The molecule has 1 aromatic rings. The zero-order valence-electron chi connectivity index (χ0n) is 18.3. The van der Waals surface area contributed by atoms with E-state index in [4.69, 9.17) is 0 Å². The van der Waals surface area contributed by atoms with Crippen molar-refractivity contribution in [2.24, 2.45) is 5.92 Å². The number of carbonyl (C=O) groups excluding carboxylic acids is 1. The summed E-state index contributed by atoms with van der Waals surface area (Å²) in [5.74, 6) is 0.796. The number of nitrogens with zero attached hydrogens (tertiary/aromatic N) is 2. The van der Waals surface area contributed by atoms with Crippen molar-refractivity contribution < 1.29 is 13.2 Å². The van der Waals surface area contributed by atoms with Gasteiger partial charge in [-0.3, -0.25) is 4.79 Å². The van der Waals surface area contributed by atoms with Gasteiger partial charge in [0, 0.05) is 26.1 Å². The maximum absolute atomic E-state index is 12.8. The Kier molecular flexibility index (Phi) is 8.72. The third-order valence-corrected chi connectivity index (χ3v) is 8.39. The molecule has 168 valence electrons. The molecule has 0 unspecified atom stereocenters. The first-order chi connectivity index (χ1) is 14.4. The van der Waals surface area contributed by atoms with Crippen LogP contribution in [0.1, 0.15) is 56.9 Å². The lowest BCUT2D eigenvalue weighted by Gasteiger charge is -2.28. The molecule has 0 bridgehead atoms. The smallest absolute Gasteiger partial charge is 0.243 e. The van der Waals surface area contributed by atoms with Crippen molar-refractivity contribution in [3.8, 4) is 0 Å². The molecule has 30 heavy (non-hydrogen) atoms. The van der Waals surface area contributed by atoms with Crippen LogP contribution in [0.3, 0.4) is 0 Å². The lowest BCUT2D eigenvalue weighted by atomic mass is 9.94. The van der Waals surface area contributed by atoms with Gasteiger partial charge in [-0.05, 0) is 82.3 Å². The van der Waals surface area contributed by atoms with Crippen LogP contribution in [-0.2, 0) is 21.2 Å². The molecule has 0 atom stereocenters. The largest absolute Gasteiger partial charge is 0.356 e. The predicted molar refractivity (Wildman–Crippen MR) is 120 cm³/mol. The van der Waals surface area contributed by atoms with Crippen molar-refractivity contribution in [2.75, 3.05) is 39.8 Å². The van der Waals surface area contributed by atoms with Gasteiger partial charge in [-0.25, -0.2) is 8.42 Å². The Morgan fingerprint density at radius 1 is 1.00 bits per heavy atom. The van der Waals surface area contributed by atoms with Gasteiger partial charge in [0.1, 0.15) is 0 Å². The number of sulfonamides is 1. The van der Waals surface area contributed by atoms with Crippen molar-refractivity contribution in [1.82, 2.24) is 14.5 Å². The second-order valence-corrected chi connectivity index (χ2v) is 10.8. The Morgan fingerprint density at radius 3 is 2.27 bits per heavy atom. The molecule has 0 spiro atoms. The minimum Gasteiger partial charge on any atom is -0.356 e. The monoisotopic (exact) mass is 435 g/mol. The van der Waals surface area contributed by atoms with E-state index in [1.807, 2.05) is 12.1 Å². The molecule has 1 N–H and O–H groups in total. The van der Waals surface area contributed by atoms with Crippen molar-refractivity contribution >= 4 is 15.9 Å². The van der Waals surface area contributed by atoms with Crippen molar-refractivity contribution in [3.63, 3.8) is 0 Å². The first kappa shape index (κ1) is 23.2. The van der Waals surface area contributed by atoms with Gasteiger partial charge in [-0.1, -0.05) is 25.0 Å². The molecular weight excluding hydrogens is 398 g/mol. The Morgan fingerprint density at radius 2 is 1.63 bits per heavy atom. The molecule has 0 aromatic heterocycles. The molecule has 7 heteroatoms. The van der Waals surface area contributed by atoms with Crippen molar-refractivity contribution in [1.29, 1.82) is 0 Å². The Balaban J connectivity index is 1.41. The van der Waals surface area contributed by atoms with Gasteiger partial charge in [0.15, 0.2) is 0 Å². The van der Waals surface area contributed by atoms with E-state index in [1.54, 1.807) is 16.4 Å². The normalized spacial score (nSPS) is 20.0. The van der Waals surface area contributed by atoms with Crippen LogP contribution in [0.4, 0.5) is 0 Å². The van der Waals surface area contributed by atoms with E-state index in [0.717, 1.165) is 63.2 Å². The molecule has 3 rings (SSSR count). The number of hydrogen-bond acceptors (Lipinski definition) is 4.